The highest BCUT2D eigenvalue weighted by atomic mass is 32.2. The maximum atomic E-state index is 14.8. The minimum absolute atomic E-state index is 0.0144. The fourth-order valence-electron chi connectivity index (χ4n) is 7.85. The van der Waals surface area contributed by atoms with Crippen LogP contribution in [0.2, 0.25) is 0 Å². The van der Waals surface area contributed by atoms with Gasteiger partial charge in [0.2, 0.25) is 17.7 Å². The SMILES string of the molecule is C=CCN(CCN1CCOCC1)C(=O)C1N([C@@H](CO)CC(C)C)C(=O)[C@@H]2[C@H](C(=O)N(CC=C)CCC)[C@]3(C)CCC12S3. The van der Waals surface area contributed by atoms with Gasteiger partial charge >= 0.3 is 0 Å². The number of aliphatic hydroxyl groups is 1. The van der Waals surface area contributed by atoms with Gasteiger partial charge in [-0.3, -0.25) is 19.3 Å². The topological polar surface area (TPSA) is 93.6 Å². The van der Waals surface area contributed by atoms with Gasteiger partial charge in [-0.2, -0.15) is 0 Å². The summed E-state index contributed by atoms with van der Waals surface area (Å²) in [6.45, 7) is 21.5. The van der Waals surface area contributed by atoms with Crippen LogP contribution in [0.1, 0.15) is 53.4 Å². The van der Waals surface area contributed by atoms with Crippen LogP contribution < -0.4 is 0 Å². The maximum Gasteiger partial charge on any atom is 0.247 e. The summed E-state index contributed by atoms with van der Waals surface area (Å²) in [7, 11) is 0. The number of fused-ring (bicyclic) bond motifs is 1. The van der Waals surface area contributed by atoms with Crippen molar-refractivity contribution in [3.63, 3.8) is 0 Å². The summed E-state index contributed by atoms with van der Waals surface area (Å²) < 4.78 is 4.36. The Kier molecular flexibility index (Phi) is 10.9. The number of nitrogens with zero attached hydrogens (tertiary/aromatic N) is 4. The predicted octanol–water partition coefficient (Wildman–Crippen LogP) is 2.65. The molecule has 0 radical (unpaired) electrons. The largest absolute Gasteiger partial charge is 0.394 e. The smallest absolute Gasteiger partial charge is 0.247 e. The average molecular weight is 605 g/mol. The first-order chi connectivity index (χ1) is 20.1. The Morgan fingerprint density at radius 1 is 1.12 bits per heavy atom. The summed E-state index contributed by atoms with van der Waals surface area (Å²) in [5, 5.41) is 10.6. The van der Waals surface area contributed by atoms with E-state index >= 15 is 0 Å². The Balaban J connectivity index is 1.74. The number of aliphatic hydroxyl groups excluding tert-OH is 1. The Hall–Kier alpha value is -1.88. The number of morpholine rings is 1. The van der Waals surface area contributed by atoms with Crippen molar-refractivity contribution in [3.05, 3.63) is 25.3 Å². The van der Waals surface area contributed by atoms with E-state index in [1.165, 1.54) is 0 Å². The quantitative estimate of drug-likeness (QED) is 0.287. The van der Waals surface area contributed by atoms with Crippen LogP contribution >= 0.6 is 11.8 Å². The van der Waals surface area contributed by atoms with Crippen molar-refractivity contribution in [1.29, 1.82) is 0 Å². The summed E-state index contributed by atoms with van der Waals surface area (Å²) in [6, 6.07) is -1.22. The van der Waals surface area contributed by atoms with Crippen molar-refractivity contribution in [3.8, 4) is 0 Å². The molecule has 42 heavy (non-hydrogen) atoms. The second-order valence-corrected chi connectivity index (χ2v) is 14.9. The standard InChI is InChI=1S/C32H52N4O5S/c1-7-12-34(13-8-2)28(38)25-26-29(39)36(24(22-37)21-23(4)5)27(32(26)11-10-31(25,6)42-32)30(40)35(14-9-3)16-15-33-17-19-41-20-18-33/h7,9,23-27,37H,1,3,8,10-22H2,2,4-6H3/t24-,25-,26+,27?,31+,32?/m1/s1. The lowest BCUT2D eigenvalue weighted by molar-refractivity contribution is -0.148. The molecule has 0 aromatic carbocycles. The number of ether oxygens (including phenoxy) is 1. The first-order valence-corrected chi connectivity index (χ1v) is 16.6. The second-order valence-electron chi connectivity index (χ2n) is 13.0. The monoisotopic (exact) mass is 604 g/mol. The highest BCUT2D eigenvalue weighted by Gasteiger charge is 2.78. The van der Waals surface area contributed by atoms with Crippen molar-refractivity contribution in [1.82, 2.24) is 19.6 Å². The van der Waals surface area contributed by atoms with Crippen molar-refractivity contribution < 1.29 is 24.2 Å². The molecule has 4 aliphatic rings. The van der Waals surface area contributed by atoms with Crippen molar-refractivity contribution in [2.75, 3.05) is 65.6 Å². The molecule has 1 spiro atoms. The Labute approximate surface area is 256 Å². The second kappa shape index (κ2) is 13.8. The van der Waals surface area contributed by atoms with Gasteiger partial charge in [0.25, 0.3) is 0 Å². The Morgan fingerprint density at radius 3 is 2.33 bits per heavy atom. The molecule has 6 atom stereocenters. The maximum absolute atomic E-state index is 14.8. The first-order valence-electron chi connectivity index (χ1n) is 15.8. The van der Waals surface area contributed by atoms with Crippen LogP contribution in [-0.4, -0.2) is 130 Å². The van der Waals surface area contributed by atoms with E-state index in [2.05, 4.69) is 38.8 Å². The molecule has 10 heteroatoms. The molecule has 0 saturated carbocycles. The third-order valence-corrected chi connectivity index (χ3v) is 11.7. The van der Waals surface area contributed by atoms with Gasteiger partial charge in [-0.25, -0.2) is 0 Å². The molecule has 9 nitrogen and oxygen atoms in total. The molecule has 0 aromatic heterocycles. The lowest BCUT2D eigenvalue weighted by atomic mass is 9.66. The van der Waals surface area contributed by atoms with Crippen LogP contribution in [0, 0.1) is 17.8 Å². The minimum Gasteiger partial charge on any atom is -0.394 e. The number of carbonyl (C=O) groups is 3. The van der Waals surface area contributed by atoms with E-state index in [0.29, 0.717) is 52.2 Å². The minimum atomic E-state index is -0.737. The van der Waals surface area contributed by atoms with Crippen LogP contribution in [0.25, 0.3) is 0 Å². The molecule has 2 unspecified atom stereocenters. The molecule has 236 valence electrons. The van der Waals surface area contributed by atoms with E-state index in [9.17, 15) is 19.5 Å². The van der Waals surface area contributed by atoms with Crippen LogP contribution in [0.15, 0.2) is 25.3 Å². The van der Waals surface area contributed by atoms with Gasteiger partial charge in [0, 0.05) is 50.6 Å². The van der Waals surface area contributed by atoms with Gasteiger partial charge in [-0.15, -0.1) is 24.9 Å². The summed E-state index contributed by atoms with van der Waals surface area (Å²) in [4.78, 5) is 51.3. The summed E-state index contributed by atoms with van der Waals surface area (Å²) in [5.74, 6) is -1.15. The highest BCUT2D eigenvalue weighted by Crippen LogP contribution is 2.72. The van der Waals surface area contributed by atoms with Gasteiger partial charge in [0.05, 0.1) is 42.4 Å². The lowest BCUT2D eigenvalue weighted by Gasteiger charge is -2.40. The van der Waals surface area contributed by atoms with E-state index in [1.54, 1.807) is 28.8 Å². The predicted molar refractivity (Wildman–Crippen MR) is 167 cm³/mol. The van der Waals surface area contributed by atoms with Crippen LogP contribution in [0.4, 0.5) is 0 Å². The Bertz CT molecular complexity index is 1020. The highest BCUT2D eigenvalue weighted by molar-refractivity contribution is 8.02. The number of hydrogen-bond donors (Lipinski definition) is 1. The van der Waals surface area contributed by atoms with Gasteiger partial charge in [-0.05, 0) is 38.5 Å². The molecule has 0 aliphatic carbocycles. The van der Waals surface area contributed by atoms with Gasteiger partial charge in [0.1, 0.15) is 6.04 Å². The molecule has 3 amide bonds. The van der Waals surface area contributed by atoms with E-state index in [4.69, 9.17) is 4.74 Å². The van der Waals surface area contributed by atoms with E-state index in [0.717, 1.165) is 32.5 Å². The molecule has 2 bridgehead atoms. The lowest BCUT2D eigenvalue weighted by Crippen LogP contribution is -2.58. The normalized spacial score (nSPS) is 31.3. The number of thioether (sulfide) groups is 1. The van der Waals surface area contributed by atoms with Crippen molar-refractivity contribution in [2.24, 2.45) is 17.8 Å². The van der Waals surface area contributed by atoms with Crippen molar-refractivity contribution >= 4 is 29.5 Å². The number of amides is 3. The zero-order valence-electron chi connectivity index (χ0n) is 26.1. The number of carbonyl (C=O) groups excluding carboxylic acids is 3. The third kappa shape index (κ3) is 6.06. The molecule has 4 rings (SSSR count). The molecule has 1 N–H and O–H groups in total. The van der Waals surface area contributed by atoms with Crippen LogP contribution in [0.3, 0.4) is 0 Å². The summed E-state index contributed by atoms with van der Waals surface area (Å²) in [5.41, 5.74) is 0. The molecule has 4 saturated heterocycles. The zero-order chi connectivity index (χ0) is 30.7. The number of rotatable bonds is 15. The van der Waals surface area contributed by atoms with Gasteiger partial charge in [0.15, 0.2) is 0 Å². The molecule has 4 heterocycles. The zero-order valence-corrected chi connectivity index (χ0v) is 26.9. The summed E-state index contributed by atoms with van der Waals surface area (Å²) >= 11 is 1.70. The van der Waals surface area contributed by atoms with E-state index in [1.807, 2.05) is 16.7 Å². The first kappa shape index (κ1) is 33.0. The fourth-order valence-corrected chi connectivity index (χ4v) is 10.2. The average Bonchev–Trinajstić information content (AvgIpc) is 3.54. The van der Waals surface area contributed by atoms with Gasteiger partial charge in [-0.1, -0.05) is 32.9 Å². The van der Waals surface area contributed by atoms with E-state index < -0.39 is 33.4 Å². The molecule has 4 fully saturated rings. The third-order valence-electron chi connectivity index (χ3n) is 9.67. The summed E-state index contributed by atoms with van der Waals surface area (Å²) in [6.07, 6.45) is 6.36. The molecule has 4 aliphatic heterocycles. The van der Waals surface area contributed by atoms with Crippen LogP contribution in [0.5, 0.6) is 0 Å². The molecular weight excluding hydrogens is 552 g/mol. The fraction of sp³-hybridized carbons (Fsp3) is 0.781. The number of hydrogen-bond acceptors (Lipinski definition) is 7. The molecular formula is C32H52N4O5S. The van der Waals surface area contributed by atoms with Crippen molar-refractivity contribution in [2.45, 2.75) is 75.0 Å². The van der Waals surface area contributed by atoms with E-state index in [-0.39, 0.29) is 30.2 Å². The number of likely N-dealkylation sites (tertiary alicyclic amines) is 1. The van der Waals surface area contributed by atoms with Gasteiger partial charge < -0.3 is 24.5 Å². The van der Waals surface area contributed by atoms with Crippen LogP contribution in [-0.2, 0) is 19.1 Å². The Morgan fingerprint density at radius 2 is 1.76 bits per heavy atom. The molecule has 0 aromatic rings.